The standard InChI is InChI=1S/C29H26N8O8S3/c1-43-17-7-5-15(6-8-17)11-45-28(41)22-16(10-36-9-3-4-18-19(31-14-38)12-46-26(18)36)13-48(42)27-21(25(40)37(22)27)32-24(39)20(34-44-2)23-33-29(30)47-35-23/h3-9,12,14,21,27H,10-11,13H2,1-2H3,(H3-,30,31,32,33,35,38,39)/p+1/b34-20-/t21?,27-,48?/m1/s1. The fourth-order valence-corrected chi connectivity index (χ4v) is 8.37. The number of thiophene rings is 1. The number of benzene rings is 1. The lowest BCUT2D eigenvalue weighted by molar-refractivity contribution is -0.661. The molecule has 0 aliphatic carbocycles. The number of ether oxygens (including phenoxy) is 2. The van der Waals surface area contributed by atoms with E-state index in [-0.39, 0.29) is 41.3 Å². The molecule has 1 aromatic carbocycles. The number of pyridine rings is 1. The number of hydrogen-bond donors (Lipinski definition) is 3. The Hall–Kier alpha value is -5.27. The molecule has 0 bridgehead atoms. The van der Waals surface area contributed by atoms with Crippen molar-refractivity contribution in [2.75, 3.05) is 31.0 Å². The Morgan fingerprint density at radius 1 is 1.25 bits per heavy atom. The number of oxime groups is 1. The van der Waals surface area contributed by atoms with Gasteiger partial charge in [0.05, 0.1) is 34.7 Å². The van der Waals surface area contributed by atoms with Crippen LogP contribution in [0.2, 0.25) is 0 Å². The molecule has 2 aliphatic rings. The van der Waals surface area contributed by atoms with E-state index >= 15 is 0 Å². The first-order valence-electron chi connectivity index (χ1n) is 14.1. The molecular weight excluding hydrogens is 685 g/mol. The van der Waals surface area contributed by atoms with Gasteiger partial charge in [-0.1, -0.05) is 28.6 Å². The molecule has 248 valence electrons. The largest absolute Gasteiger partial charge is 0.497 e. The van der Waals surface area contributed by atoms with E-state index in [4.69, 9.17) is 20.0 Å². The summed E-state index contributed by atoms with van der Waals surface area (Å²) in [5.41, 5.74) is 6.94. The molecule has 0 radical (unpaired) electrons. The van der Waals surface area contributed by atoms with Gasteiger partial charge in [0.1, 0.15) is 36.6 Å². The zero-order valence-corrected chi connectivity index (χ0v) is 27.7. The number of nitrogens with one attached hydrogen (secondary N) is 2. The normalized spacial score (nSPS) is 19.0. The maximum atomic E-state index is 13.8. The minimum absolute atomic E-state index is 0.0596. The Bertz CT molecular complexity index is 2010. The first-order chi connectivity index (χ1) is 23.2. The number of hydrogen-bond acceptors (Lipinski definition) is 14. The van der Waals surface area contributed by atoms with Gasteiger partial charge in [0.2, 0.25) is 17.9 Å². The van der Waals surface area contributed by atoms with Gasteiger partial charge in [0.15, 0.2) is 17.9 Å². The van der Waals surface area contributed by atoms with Gasteiger partial charge in [0, 0.05) is 28.6 Å². The lowest BCUT2D eigenvalue weighted by atomic mass is 10.0. The van der Waals surface area contributed by atoms with E-state index in [9.17, 15) is 23.4 Å². The highest BCUT2D eigenvalue weighted by Crippen LogP contribution is 2.36. The minimum Gasteiger partial charge on any atom is -0.497 e. The maximum absolute atomic E-state index is 13.8. The van der Waals surface area contributed by atoms with Crippen molar-refractivity contribution >= 4 is 84.6 Å². The second kappa shape index (κ2) is 13.8. The molecule has 3 aromatic heterocycles. The van der Waals surface area contributed by atoms with Crippen molar-refractivity contribution in [1.29, 1.82) is 0 Å². The number of nitrogen functional groups attached to an aromatic ring is 1. The molecule has 0 spiro atoms. The number of nitrogens with two attached hydrogens (primary N) is 1. The first-order valence-corrected chi connectivity index (χ1v) is 17.1. The fourth-order valence-electron chi connectivity index (χ4n) is 5.27. The molecule has 2 aliphatic heterocycles. The van der Waals surface area contributed by atoms with Crippen LogP contribution in [0.15, 0.2) is 64.4 Å². The van der Waals surface area contributed by atoms with Gasteiger partial charge in [-0.15, -0.1) is 0 Å². The van der Waals surface area contributed by atoms with Crippen LogP contribution < -0.4 is 25.7 Å². The maximum Gasteiger partial charge on any atom is 0.355 e. The predicted octanol–water partition coefficient (Wildman–Crippen LogP) is 0.663. The summed E-state index contributed by atoms with van der Waals surface area (Å²) in [5, 5.41) is 10.5. The summed E-state index contributed by atoms with van der Waals surface area (Å²) in [4.78, 5) is 62.4. The van der Waals surface area contributed by atoms with Gasteiger partial charge in [0.25, 0.3) is 16.6 Å². The quantitative estimate of drug-likeness (QED) is 0.0465. The third kappa shape index (κ3) is 6.21. The van der Waals surface area contributed by atoms with Crippen molar-refractivity contribution in [2.24, 2.45) is 5.16 Å². The van der Waals surface area contributed by atoms with E-state index in [1.807, 2.05) is 10.6 Å². The summed E-state index contributed by atoms with van der Waals surface area (Å²) in [7, 11) is 1.01. The van der Waals surface area contributed by atoms with Gasteiger partial charge in [-0.05, 0) is 23.8 Å². The Kier molecular flexibility index (Phi) is 9.42. The summed E-state index contributed by atoms with van der Waals surface area (Å²) >= 11 is 2.21. The lowest BCUT2D eigenvalue weighted by Gasteiger charge is -2.48. The van der Waals surface area contributed by atoms with E-state index in [1.54, 1.807) is 41.9 Å². The van der Waals surface area contributed by atoms with Crippen LogP contribution in [0, 0.1) is 0 Å². The van der Waals surface area contributed by atoms with Crippen molar-refractivity contribution < 1.29 is 42.3 Å². The topological polar surface area (TPSA) is 208 Å². The van der Waals surface area contributed by atoms with Gasteiger partial charge < -0.3 is 30.7 Å². The molecule has 1 saturated heterocycles. The van der Waals surface area contributed by atoms with Crippen molar-refractivity contribution in [1.82, 2.24) is 19.6 Å². The molecule has 3 atom stereocenters. The Morgan fingerprint density at radius 2 is 2.04 bits per heavy atom. The molecule has 4 aromatic rings. The number of nitrogens with zero attached hydrogens (tertiary/aromatic N) is 5. The third-order valence-corrected chi connectivity index (χ3v) is 10.7. The number of anilines is 2. The van der Waals surface area contributed by atoms with Crippen LogP contribution in [0.25, 0.3) is 10.2 Å². The van der Waals surface area contributed by atoms with E-state index in [2.05, 4.69) is 25.1 Å². The summed E-state index contributed by atoms with van der Waals surface area (Å²) in [5.74, 6) is -1.90. The third-order valence-electron chi connectivity index (χ3n) is 7.44. The zero-order chi connectivity index (χ0) is 33.9. The average molecular weight is 712 g/mol. The van der Waals surface area contributed by atoms with Crippen molar-refractivity contribution in [3.05, 3.63) is 70.6 Å². The summed E-state index contributed by atoms with van der Waals surface area (Å²) < 4.78 is 30.4. The predicted molar refractivity (Wildman–Crippen MR) is 175 cm³/mol. The first kappa shape index (κ1) is 32.7. The van der Waals surface area contributed by atoms with E-state index in [1.165, 1.54) is 25.6 Å². The number of rotatable bonds is 12. The number of carbonyl (C=O) groups is 4. The van der Waals surface area contributed by atoms with Gasteiger partial charge in [-0.3, -0.25) is 23.5 Å². The number of esters is 1. The van der Waals surface area contributed by atoms with Gasteiger partial charge in [-0.2, -0.15) is 13.9 Å². The smallest absolute Gasteiger partial charge is 0.355 e. The molecule has 5 heterocycles. The number of methoxy groups -OCH3 is 1. The minimum atomic E-state index is -1.75. The van der Waals surface area contributed by atoms with Crippen LogP contribution in [-0.4, -0.2) is 79.8 Å². The van der Waals surface area contributed by atoms with Crippen LogP contribution in [0.3, 0.4) is 0 Å². The van der Waals surface area contributed by atoms with Crippen LogP contribution in [0.4, 0.5) is 10.8 Å². The van der Waals surface area contributed by atoms with Crippen molar-refractivity contribution in [2.45, 2.75) is 24.6 Å². The molecule has 1 fully saturated rings. The lowest BCUT2D eigenvalue weighted by Crippen LogP contribution is -2.74. The molecule has 0 saturated carbocycles. The fraction of sp³-hybridized carbons (Fsp3) is 0.241. The highest BCUT2D eigenvalue weighted by molar-refractivity contribution is 7.86. The number of fused-ring (bicyclic) bond motifs is 2. The Morgan fingerprint density at radius 3 is 2.73 bits per heavy atom. The monoisotopic (exact) mass is 711 g/mol. The van der Waals surface area contributed by atoms with Gasteiger partial charge in [-0.25, -0.2) is 4.79 Å². The Balaban J connectivity index is 1.31. The number of carbonyl (C=O) groups excluding carboxylic acids is 4. The zero-order valence-electron chi connectivity index (χ0n) is 25.3. The summed E-state index contributed by atoms with van der Waals surface area (Å²) in [6.07, 6.45) is 2.36. The van der Waals surface area contributed by atoms with Crippen molar-refractivity contribution in [3.8, 4) is 5.75 Å². The summed E-state index contributed by atoms with van der Waals surface area (Å²) in [6.45, 7) is -0.0171. The molecule has 48 heavy (non-hydrogen) atoms. The van der Waals surface area contributed by atoms with E-state index < -0.39 is 40.0 Å². The van der Waals surface area contributed by atoms with Crippen LogP contribution >= 0.6 is 22.9 Å². The van der Waals surface area contributed by atoms with Crippen LogP contribution in [0.1, 0.15) is 11.4 Å². The molecule has 3 amide bonds. The highest BCUT2D eigenvalue weighted by Gasteiger charge is 2.58. The van der Waals surface area contributed by atoms with Crippen molar-refractivity contribution in [3.63, 3.8) is 0 Å². The SMILES string of the molecule is CO/N=C(\C(=O)NC1C(=O)N2C(C(=O)OCc3ccc(OC)cc3)=C(C[n+]3cccc4c(NC=O)csc43)CS(=O)[C@H]12)c1nsc(N)n1. The average Bonchev–Trinajstić information content (AvgIpc) is 3.71. The summed E-state index contributed by atoms with van der Waals surface area (Å²) in [6, 6.07) is 9.29. The van der Waals surface area contributed by atoms with E-state index in [0.717, 1.165) is 26.6 Å². The highest BCUT2D eigenvalue weighted by atomic mass is 32.2. The number of β-lactam (4-membered cyclic amide) rings is 1. The molecule has 6 rings (SSSR count). The van der Waals surface area contributed by atoms with Gasteiger partial charge >= 0.3 is 5.97 Å². The second-order valence-electron chi connectivity index (χ2n) is 10.3. The van der Waals surface area contributed by atoms with Crippen LogP contribution in [0.5, 0.6) is 5.75 Å². The van der Waals surface area contributed by atoms with Crippen LogP contribution in [-0.2, 0) is 52.7 Å². The molecule has 4 N–H and O–H groups in total. The molecule has 2 unspecified atom stereocenters. The molecular formula is C29H27N8O8S3+. The van der Waals surface area contributed by atoms with E-state index in [0.29, 0.717) is 29.0 Å². The molecule has 19 heteroatoms. The molecule has 16 nitrogen and oxygen atoms in total. The Labute approximate surface area is 282 Å². The number of aromatic nitrogens is 3. The number of amides is 3. The second-order valence-corrected chi connectivity index (χ2v) is 13.5.